The van der Waals surface area contributed by atoms with Crippen LogP contribution in [0.3, 0.4) is 0 Å². The highest BCUT2D eigenvalue weighted by atomic mass is 32.2. The normalized spacial score (nSPS) is 23.5. The predicted molar refractivity (Wildman–Crippen MR) is 92.4 cm³/mol. The number of hydrogen-bond acceptors (Lipinski definition) is 8. The van der Waals surface area contributed by atoms with Gasteiger partial charge in [0.15, 0.2) is 10.9 Å². The minimum absolute atomic E-state index is 0.0384. The highest BCUT2D eigenvalue weighted by molar-refractivity contribution is 8.27. The van der Waals surface area contributed by atoms with Crippen molar-refractivity contribution in [2.75, 3.05) is 5.08 Å². The molecule has 2 aliphatic heterocycles. The molecule has 2 N–H and O–H groups in total. The number of nitrogens with zero attached hydrogens (tertiary/aromatic N) is 4. The number of rotatable bonds is 6. The summed E-state index contributed by atoms with van der Waals surface area (Å²) in [6.45, 7) is 1.47. The number of β-lactam (4-membered cyclic amide) rings is 1. The molecule has 0 radical (unpaired) electrons. The van der Waals surface area contributed by atoms with Crippen molar-refractivity contribution in [1.29, 1.82) is 0 Å². The second-order valence-electron chi connectivity index (χ2n) is 5.69. The van der Waals surface area contributed by atoms with Crippen molar-refractivity contribution in [2.45, 2.75) is 29.7 Å². The summed E-state index contributed by atoms with van der Waals surface area (Å²) in [6.07, 6.45) is -5.52. The average molecular weight is 442 g/mol. The number of carboxylic acid groups (broad SMARTS) is 1. The van der Waals surface area contributed by atoms with E-state index >= 15 is 0 Å². The Morgan fingerprint density at radius 2 is 2.04 bits per heavy atom. The van der Waals surface area contributed by atoms with E-state index in [4.69, 9.17) is 0 Å². The molecule has 3 rings (SSSR count). The molecule has 0 spiro atoms. The van der Waals surface area contributed by atoms with E-state index in [0.717, 1.165) is 44.8 Å². The molecule has 0 aliphatic carbocycles. The third-order valence-electron chi connectivity index (χ3n) is 3.94. The van der Waals surface area contributed by atoms with Crippen LogP contribution in [0.25, 0.3) is 0 Å². The molecule has 0 bridgehead atoms. The second kappa shape index (κ2) is 7.22. The lowest BCUT2D eigenvalue weighted by Crippen LogP contribution is -2.60. The number of carboxylic acids is 1. The number of amides is 1. The van der Waals surface area contributed by atoms with Gasteiger partial charge >= 0.3 is 12.1 Å². The molecule has 1 fully saturated rings. The van der Waals surface area contributed by atoms with Crippen LogP contribution in [0.1, 0.15) is 12.7 Å². The number of aliphatic hydroxyl groups excluding tert-OH is 1. The number of carbonyl (C=O) groups is 2. The van der Waals surface area contributed by atoms with Crippen molar-refractivity contribution in [3.63, 3.8) is 0 Å². The first-order valence-electron chi connectivity index (χ1n) is 7.41. The van der Waals surface area contributed by atoms with Crippen molar-refractivity contribution in [3.05, 3.63) is 15.8 Å². The standard InChI is InChI=1S/C13H13F3N4O4S3/c1-4(21)5-7(22)20-6(9(23)24)10(27-8(5)20)25-3-26-12-18-17-11(19(12)2)13(14,15)16/h4-5,8,21H,3H2,1-2H3,(H,23,24)/t4-,5+,8-/m1/s1. The number of aliphatic carboxylic acids is 1. The zero-order valence-corrected chi connectivity index (χ0v) is 16.2. The van der Waals surface area contributed by atoms with Gasteiger partial charge in [-0.3, -0.25) is 9.69 Å². The molecule has 1 aromatic heterocycles. The maximum atomic E-state index is 12.7. The first-order valence-corrected chi connectivity index (χ1v) is 10.3. The lowest BCUT2D eigenvalue weighted by molar-refractivity contribution is -0.156. The smallest absolute Gasteiger partial charge is 0.451 e. The predicted octanol–water partition coefficient (Wildman–Crippen LogP) is 1.78. The van der Waals surface area contributed by atoms with E-state index in [2.05, 4.69) is 10.2 Å². The highest BCUT2D eigenvalue weighted by Crippen LogP contribution is 2.54. The van der Waals surface area contributed by atoms with Gasteiger partial charge in [0, 0.05) is 7.05 Å². The molecule has 14 heteroatoms. The molecule has 0 unspecified atom stereocenters. The zero-order valence-electron chi connectivity index (χ0n) is 13.8. The fourth-order valence-electron chi connectivity index (χ4n) is 2.67. The van der Waals surface area contributed by atoms with Gasteiger partial charge in [-0.1, -0.05) is 23.5 Å². The van der Waals surface area contributed by atoms with Crippen LogP contribution < -0.4 is 0 Å². The number of aliphatic hydroxyl groups is 1. The van der Waals surface area contributed by atoms with Crippen molar-refractivity contribution < 1.29 is 33.0 Å². The molecule has 0 aromatic carbocycles. The summed E-state index contributed by atoms with van der Waals surface area (Å²) >= 11 is 3.22. The lowest BCUT2D eigenvalue weighted by Gasteiger charge is -2.43. The van der Waals surface area contributed by atoms with Gasteiger partial charge in [0.2, 0.25) is 11.7 Å². The van der Waals surface area contributed by atoms with E-state index in [0.29, 0.717) is 4.24 Å². The van der Waals surface area contributed by atoms with Crippen LogP contribution in [0.15, 0.2) is 15.1 Å². The molecular weight excluding hydrogens is 429 g/mol. The molecule has 1 aromatic rings. The summed E-state index contributed by atoms with van der Waals surface area (Å²) in [7, 11) is 1.19. The molecule has 1 saturated heterocycles. The maximum Gasteiger partial charge on any atom is 0.451 e. The topological polar surface area (TPSA) is 109 Å². The Morgan fingerprint density at radius 3 is 2.56 bits per heavy atom. The molecular formula is C13H13F3N4O4S3. The molecule has 3 atom stereocenters. The summed E-state index contributed by atoms with van der Waals surface area (Å²) in [6, 6.07) is 0. The Hall–Kier alpha value is -1.38. The van der Waals surface area contributed by atoms with Crippen molar-refractivity contribution in [3.8, 4) is 0 Å². The summed E-state index contributed by atoms with van der Waals surface area (Å²) < 4.78 is 39.4. The summed E-state index contributed by atoms with van der Waals surface area (Å²) in [4.78, 5) is 24.8. The number of hydrogen-bond donors (Lipinski definition) is 2. The average Bonchev–Trinajstić information content (AvgIpc) is 3.05. The van der Waals surface area contributed by atoms with E-state index in [1.807, 2.05) is 0 Å². The van der Waals surface area contributed by atoms with E-state index in [9.17, 15) is 33.0 Å². The number of aromatic nitrogens is 3. The van der Waals surface area contributed by atoms with E-state index in [1.54, 1.807) is 0 Å². The summed E-state index contributed by atoms with van der Waals surface area (Å²) in [5, 5.41) is 25.4. The van der Waals surface area contributed by atoms with Crippen LogP contribution in [0.5, 0.6) is 0 Å². The molecule has 8 nitrogen and oxygen atoms in total. The van der Waals surface area contributed by atoms with Gasteiger partial charge in [0.05, 0.1) is 21.3 Å². The fraction of sp³-hybridized carbons (Fsp3) is 0.538. The maximum absolute atomic E-state index is 12.7. The minimum atomic E-state index is -4.61. The molecule has 0 saturated carbocycles. The van der Waals surface area contributed by atoms with Crippen molar-refractivity contribution in [1.82, 2.24) is 19.7 Å². The van der Waals surface area contributed by atoms with Gasteiger partial charge in [-0.25, -0.2) is 4.79 Å². The van der Waals surface area contributed by atoms with Gasteiger partial charge in [-0.05, 0) is 6.92 Å². The Labute approximate surface area is 163 Å². The molecule has 148 valence electrons. The third kappa shape index (κ3) is 3.54. The monoisotopic (exact) mass is 442 g/mol. The number of thioether (sulfide) groups is 3. The second-order valence-corrected chi connectivity index (χ2v) is 9.37. The molecule has 2 aliphatic rings. The van der Waals surface area contributed by atoms with E-state index in [1.165, 1.54) is 14.0 Å². The molecule has 3 heterocycles. The molecule has 1 amide bonds. The van der Waals surface area contributed by atoms with Crippen LogP contribution in [0, 0.1) is 5.92 Å². The van der Waals surface area contributed by atoms with Crippen LogP contribution in [-0.2, 0) is 22.8 Å². The number of alkyl halides is 3. The fourth-order valence-corrected chi connectivity index (χ4v) is 6.78. The SMILES string of the molecule is C[C@@H](O)[C@H]1C(=O)N2C(C(=O)O)=C(SCSc3nnc(C(F)(F)F)n3C)S[C@H]12. The Bertz CT molecular complexity index is 826. The Morgan fingerprint density at radius 1 is 1.37 bits per heavy atom. The Kier molecular flexibility index (Phi) is 5.44. The third-order valence-corrected chi connectivity index (χ3v) is 7.74. The van der Waals surface area contributed by atoms with Gasteiger partial charge in [-0.15, -0.1) is 22.0 Å². The van der Waals surface area contributed by atoms with E-state index < -0.39 is 41.3 Å². The highest BCUT2D eigenvalue weighted by Gasteiger charge is 2.57. The lowest BCUT2D eigenvalue weighted by atomic mass is 9.92. The van der Waals surface area contributed by atoms with Gasteiger partial charge in [0.1, 0.15) is 5.37 Å². The van der Waals surface area contributed by atoms with Crippen LogP contribution in [0.4, 0.5) is 13.2 Å². The van der Waals surface area contributed by atoms with Crippen LogP contribution >= 0.6 is 35.3 Å². The Balaban J connectivity index is 1.69. The first-order chi connectivity index (χ1) is 12.5. The van der Waals surface area contributed by atoms with Gasteiger partial charge < -0.3 is 14.8 Å². The van der Waals surface area contributed by atoms with Crippen molar-refractivity contribution in [2.24, 2.45) is 13.0 Å². The largest absolute Gasteiger partial charge is 0.477 e. The quantitative estimate of drug-likeness (QED) is 0.387. The van der Waals surface area contributed by atoms with E-state index in [-0.39, 0.29) is 15.9 Å². The van der Waals surface area contributed by atoms with Crippen LogP contribution in [0.2, 0.25) is 0 Å². The number of halogens is 3. The van der Waals surface area contributed by atoms with Crippen LogP contribution in [-0.4, -0.2) is 58.3 Å². The minimum Gasteiger partial charge on any atom is -0.477 e. The zero-order chi connectivity index (χ0) is 20.1. The number of carbonyl (C=O) groups excluding carboxylic acids is 1. The number of fused-ring (bicyclic) bond motifs is 1. The summed E-state index contributed by atoms with van der Waals surface area (Å²) in [5.41, 5.74) is -0.161. The van der Waals surface area contributed by atoms with Crippen molar-refractivity contribution >= 4 is 47.2 Å². The van der Waals surface area contributed by atoms with Gasteiger partial charge in [-0.2, -0.15) is 13.2 Å². The van der Waals surface area contributed by atoms with Gasteiger partial charge in [0.25, 0.3) is 0 Å². The summed E-state index contributed by atoms with van der Waals surface area (Å²) in [5.74, 6) is -3.52. The first kappa shape index (κ1) is 20.4. The molecule has 27 heavy (non-hydrogen) atoms.